The maximum atomic E-state index is 5.19. The van der Waals surface area contributed by atoms with Crippen molar-refractivity contribution < 1.29 is 0 Å². The maximum Gasteiger partial charge on any atom is 0.166 e. The molecule has 4 nitrogen and oxygen atoms in total. The number of hydrogen-bond donors (Lipinski definition) is 0. The van der Waals surface area contributed by atoms with Crippen LogP contribution >= 0.6 is 0 Å². The molecule has 8 aromatic carbocycles. The number of aromatic nitrogens is 4. The summed E-state index contributed by atoms with van der Waals surface area (Å²) in [7, 11) is 0. The zero-order valence-corrected chi connectivity index (χ0v) is 30.3. The summed E-state index contributed by atoms with van der Waals surface area (Å²) in [5.74, 6) is 1.91. The molecule has 0 N–H and O–H groups in total. The van der Waals surface area contributed by atoms with E-state index in [0.29, 0.717) is 17.5 Å². The van der Waals surface area contributed by atoms with E-state index in [4.69, 9.17) is 15.0 Å². The van der Waals surface area contributed by atoms with Gasteiger partial charge in [0, 0.05) is 27.5 Å². The van der Waals surface area contributed by atoms with Crippen molar-refractivity contribution in [2.24, 2.45) is 0 Å². The van der Waals surface area contributed by atoms with Gasteiger partial charge in [0.2, 0.25) is 0 Å². The zero-order chi connectivity index (χ0) is 36.8. The van der Waals surface area contributed by atoms with Crippen LogP contribution in [0.2, 0.25) is 0 Å². The Morgan fingerprint density at radius 3 is 1.39 bits per heavy atom. The number of hydrogen-bond acceptors (Lipinski definition) is 3. The molecule has 0 radical (unpaired) electrons. The second-order valence-electron chi connectivity index (χ2n) is 14.7. The first-order valence-corrected chi connectivity index (χ1v) is 19.1. The molecule has 56 heavy (non-hydrogen) atoms. The highest BCUT2D eigenvalue weighted by Crippen LogP contribution is 2.63. The highest BCUT2D eigenvalue weighted by molar-refractivity contribution is 6.13. The third kappa shape index (κ3) is 4.21. The van der Waals surface area contributed by atoms with Gasteiger partial charge in [-0.15, -0.1) is 0 Å². The molecule has 0 saturated carbocycles. The Kier molecular flexibility index (Phi) is 6.52. The van der Waals surface area contributed by atoms with Gasteiger partial charge in [-0.05, 0) is 74.8 Å². The summed E-state index contributed by atoms with van der Waals surface area (Å²) in [4.78, 5) is 15.4. The molecule has 2 aliphatic carbocycles. The van der Waals surface area contributed by atoms with E-state index >= 15 is 0 Å². The summed E-state index contributed by atoms with van der Waals surface area (Å²) in [6.45, 7) is 0. The average Bonchev–Trinajstić information content (AvgIpc) is 3.87. The van der Waals surface area contributed by atoms with Crippen LogP contribution in [0.3, 0.4) is 0 Å². The van der Waals surface area contributed by atoms with Crippen molar-refractivity contribution in [3.05, 3.63) is 216 Å². The van der Waals surface area contributed by atoms with E-state index in [2.05, 4.69) is 162 Å². The first-order valence-electron chi connectivity index (χ1n) is 19.1. The van der Waals surface area contributed by atoms with E-state index in [-0.39, 0.29) is 0 Å². The molecule has 0 unspecified atom stereocenters. The molecule has 12 rings (SSSR count). The molecular formula is C52H32N4. The van der Waals surface area contributed by atoms with Crippen molar-refractivity contribution in [3.63, 3.8) is 0 Å². The van der Waals surface area contributed by atoms with Gasteiger partial charge in [-0.1, -0.05) is 164 Å². The smallest absolute Gasteiger partial charge is 0.166 e. The van der Waals surface area contributed by atoms with Crippen LogP contribution in [-0.4, -0.2) is 19.5 Å². The van der Waals surface area contributed by atoms with E-state index in [1.54, 1.807) is 0 Å². The molecule has 4 heteroatoms. The average molecular weight is 713 g/mol. The second-order valence-corrected chi connectivity index (χ2v) is 14.7. The van der Waals surface area contributed by atoms with Gasteiger partial charge in [-0.25, -0.2) is 15.0 Å². The Hall–Kier alpha value is -7.43. The Morgan fingerprint density at radius 1 is 0.321 bits per heavy atom. The summed E-state index contributed by atoms with van der Waals surface area (Å²) < 4.78 is 2.43. The Bertz CT molecular complexity index is 3090. The van der Waals surface area contributed by atoms with Gasteiger partial charge in [-0.3, -0.25) is 0 Å². The van der Waals surface area contributed by atoms with Crippen LogP contribution in [0.5, 0.6) is 0 Å². The van der Waals surface area contributed by atoms with Crippen molar-refractivity contribution in [1.29, 1.82) is 0 Å². The van der Waals surface area contributed by atoms with Crippen LogP contribution in [0.25, 0.3) is 83.9 Å². The normalized spacial score (nSPS) is 13.1. The first-order chi connectivity index (χ1) is 27.8. The number of para-hydroxylation sites is 2. The van der Waals surface area contributed by atoms with Crippen LogP contribution < -0.4 is 0 Å². The molecule has 2 aromatic heterocycles. The molecule has 10 aromatic rings. The topological polar surface area (TPSA) is 43.6 Å². The second kappa shape index (κ2) is 11.8. The molecule has 2 aliphatic rings. The monoisotopic (exact) mass is 712 g/mol. The van der Waals surface area contributed by atoms with E-state index in [1.165, 1.54) is 55.3 Å². The highest BCUT2D eigenvalue weighted by atomic mass is 15.1. The molecule has 260 valence electrons. The van der Waals surface area contributed by atoms with Crippen molar-refractivity contribution in [1.82, 2.24) is 19.5 Å². The minimum absolute atomic E-state index is 0.447. The minimum Gasteiger partial charge on any atom is -0.308 e. The molecule has 0 aliphatic heterocycles. The van der Waals surface area contributed by atoms with Gasteiger partial charge in [-0.2, -0.15) is 0 Å². The van der Waals surface area contributed by atoms with Crippen LogP contribution in [0.4, 0.5) is 0 Å². The van der Waals surface area contributed by atoms with Crippen molar-refractivity contribution in [3.8, 4) is 62.1 Å². The molecule has 0 saturated heterocycles. The Balaban J connectivity index is 1.17. The molecule has 0 amide bonds. The molecule has 2 heterocycles. The Labute approximate surface area is 324 Å². The van der Waals surface area contributed by atoms with Crippen molar-refractivity contribution in [2.45, 2.75) is 5.41 Å². The Morgan fingerprint density at radius 2 is 0.786 bits per heavy atom. The molecular weight excluding hydrogens is 681 g/mol. The summed E-state index contributed by atoms with van der Waals surface area (Å²) in [5, 5.41) is 2.42. The van der Waals surface area contributed by atoms with Gasteiger partial charge >= 0.3 is 0 Å². The number of nitrogens with zero attached hydrogens (tertiary/aromatic N) is 4. The summed E-state index contributed by atoms with van der Waals surface area (Å²) in [6.07, 6.45) is 0. The lowest BCUT2D eigenvalue weighted by Crippen LogP contribution is -2.25. The predicted molar refractivity (Wildman–Crippen MR) is 227 cm³/mol. The largest absolute Gasteiger partial charge is 0.308 e. The van der Waals surface area contributed by atoms with Crippen LogP contribution in [0.1, 0.15) is 22.3 Å². The lowest BCUT2D eigenvalue weighted by Gasteiger charge is -2.30. The van der Waals surface area contributed by atoms with Gasteiger partial charge in [0.25, 0.3) is 0 Å². The highest BCUT2D eigenvalue weighted by Gasteiger charge is 2.51. The summed E-state index contributed by atoms with van der Waals surface area (Å²) in [5.41, 5.74) is 16.2. The first kappa shape index (κ1) is 31.0. The van der Waals surface area contributed by atoms with Crippen molar-refractivity contribution >= 4 is 21.8 Å². The van der Waals surface area contributed by atoms with Crippen LogP contribution in [0, 0.1) is 0 Å². The van der Waals surface area contributed by atoms with Crippen LogP contribution in [-0.2, 0) is 5.41 Å². The van der Waals surface area contributed by atoms with Gasteiger partial charge in [0.15, 0.2) is 17.5 Å². The summed E-state index contributed by atoms with van der Waals surface area (Å²) in [6, 6.07) is 69.6. The minimum atomic E-state index is -0.447. The van der Waals surface area contributed by atoms with E-state index in [9.17, 15) is 0 Å². The lowest BCUT2D eigenvalue weighted by molar-refractivity contribution is 0.794. The van der Waals surface area contributed by atoms with Gasteiger partial charge in [0.1, 0.15) is 0 Å². The number of fused-ring (bicyclic) bond motifs is 13. The SMILES string of the molecule is c1ccc(-c2nc(-c3ccccc3)nc(-c3ccccc3-n3c4ccccc4c4cc5c(cc43)C3(c4ccccc4-c4ccccc43)c3ccccc3-5)n2)cc1. The van der Waals surface area contributed by atoms with Crippen molar-refractivity contribution in [2.75, 3.05) is 0 Å². The third-order valence-electron chi connectivity index (χ3n) is 11.9. The molecule has 1 spiro atoms. The lowest BCUT2D eigenvalue weighted by atomic mass is 9.70. The zero-order valence-electron chi connectivity index (χ0n) is 30.3. The van der Waals surface area contributed by atoms with Crippen LogP contribution in [0.15, 0.2) is 194 Å². The fourth-order valence-electron chi connectivity index (χ4n) is 9.60. The fraction of sp³-hybridized carbons (Fsp3) is 0.0192. The summed E-state index contributed by atoms with van der Waals surface area (Å²) >= 11 is 0. The maximum absolute atomic E-state index is 5.19. The predicted octanol–water partition coefficient (Wildman–Crippen LogP) is 12.3. The van der Waals surface area contributed by atoms with E-state index < -0.39 is 5.41 Å². The quantitative estimate of drug-likeness (QED) is 0.182. The molecule has 0 atom stereocenters. The van der Waals surface area contributed by atoms with Gasteiger partial charge < -0.3 is 4.57 Å². The number of benzene rings is 8. The van der Waals surface area contributed by atoms with E-state index in [0.717, 1.165) is 33.4 Å². The fourth-order valence-corrected chi connectivity index (χ4v) is 9.60. The number of rotatable bonds is 4. The third-order valence-corrected chi connectivity index (χ3v) is 11.9. The van der Waals surface area contributed by atoms with E-state index in [1.807, 2.05) is 36.4 Å². The molecule has 0 fully saturated rings. The molecule has 0 bridgehead atoms. The standard InChI is InChI=1S/C52H32N4/c1-3-17-33(18-4-1)49-53-50(34-19-5-2-6-20-34)55-51(54-49)39-25-11-16-30-47(39)56-46-29-15-10-24-38(46)41-31-40-37-23-9-14-28-44(37)52(45(40)32-48(41)56)42-26-12-7-21-35(42)36-22-8-13-27-43(36)52/h1-32H. The van der Waals surface area contributed by atoms with Gasteiger partial charge in [0.05, 0.1) is 22.1 Å².